The fourth-order valence-corrected chi connectivity index (χ4v) is 1.80. The number of carboxylic acid groups (broad SMARTS) is 1. The van der Waals surface area contributed by atoms with Crippen LogP contribution in [-0.2, 0) is 11.3 Å². The molecule has 0 aliphatic heterocycles. The summed E-state index contributed by atoms with van der Waals surface area (Å²) in [4.78, 5) is 21.8. The molecule has 0 radical (unpaired) electrons. The molecule has 0 saturated carbocycles. The first-order valence-electron chi connectivity index (χ1n) is 6.96. The van der Waals surface area contributed by atoms with Crippen molar-refractivity contribution in [3.05, 3.63) is 35.9 Å². The highest BCUT2D eigenvalue weighted by molar-refractivity contribution is 5.73. The summed E-state index contributed by atoms with van der Waals surface area (Å²) in [6.45, 7) is 1.14. The number of hydrogen-bond donors (Lipinski definition) is 3. The van der Waals surface area contributed by atoms with Crippen LogP contribution < -0.4 is 10.6 Å². The molecular formula is C15H22N2O3. The fourth-order valence-electron chi connectivity index (χ4n) is 1.80. The Bertz CT molecular complexity index is 407. The fraction of sp³-hybridized carbons (Fsp3) is 0.467. The standard InChI is InChI=1S/C15H22N2O3/c18-14(19)10-6-1-2-7-11-16-15(20)17-12-13-8-4-3-5-9-13/h3-5,8-9H,1-2,6-7,10-12H2,(H,18,19)(H2,16,17,20). The third-order valence-corrected chi connectivity index (χ3v) is 2.90. The quantitative estimate of drug-likeness (QED) is 0.607. The Balaban J connectivity index is 1.96. The normalized spacial score (nSPS) is 10.0. The number of benzene rings is 1. The molecule has 110 valence electrons. The zero-order valence-corrected chi connectivity index (χ0v) is 11.6. The highest BCUT2D eigenvalue weighted by Crippen LogP contribution is 2.02. The van der Waals surface area contributed by atoms with Gasteiger partial charge in [-0.1, -0.05) is 43.2 Å². The van der Waals surface area contributed by atoms with Crippen molar-refractivity contribution in [2.24, 2.45) is 0 Å². The van der Waals surface area contributed by atoms with E-state index >= 15 is 0 Å². The lowest BCUT2D eigenvalue weighted by Gasteiger charge is -2.07. The lowest BCUT2D eigenvalue weighted by Crippen LogP contribution is -2.35. The van der Waals surface area contributed by atoms with E-state index in [0.717, 1.165) is 24.8 Å². The molecule has 0 unspecified atom stereocenters. The van der Waals surface area contributed by atoms with Gasteiger partial charge in [-0.2, -0.15) is 0 Å². The van der Waals surface area contributed by atoms with Crippen LogP contribution in [0.5, 0.6) is 0 Å². The largest absolute Gasteiger partial charge is 0.481 e. The van der Waals surface area contributed by atoms with Gasteiger partial charge in [0.25, 0.3) is 0 Å². The predicted octanol–water partition coefficient (Wildman–Crippen LogP) is 2.52. The molecule has 3 N–H and O–H groups in total. The molecule has 1 aromatic rings. The summed E-state index contributed by atoms with van der Waals surface area (Å²) < 4.78 is 0. The molecule has 5 heteroatoms. The van der Waals surface area contributed by atoms with Crippen molar-refractivity contribution in [1.29, 1.82) is 0 Å². The van der Waals surface area contributed by atoms with E-state index in [1.165, 1.54) is 0 Å². The summed E-state index contributed by atoms with van der Waals surface area (Å²) >= 11 is 0. The van der Waals surface area contributed by atoms with E-state index in [9.17, 15) is 9.59 Å². The molecule has 20 heavy (non-hydrogen) atoms. The van der Waals surface area contributed by atoms with Crippen molar-refractivity contribution in [2.45, 2.75) is 38.6 Å². The van der Waals surface area contributed by atoms with Gasteiger partial charge in [0.2, 0.25) is 0 Å². The van der Waals surface area contributed by atoms with Gasteiger partial charge in [0, 0.05) is 19.5 Å². The number of hydrogen-bond acceptors (Lipinski definition) is 2. The molecule has 0 fully saturated rings. The minimum atomic E-state index is -0.747. The van der Waals surface area contributed by atoms with Gasteiger partial charge in [-0.25, -0.2) is 4.79 Å². The van der Waals surface area contributed by atoms with Crippen LogP contribution >= 0.6 is 0 Å². The van der Waals surface area contributed by atoms with Gasteiger partial charge in [0.05, 0.1) is 0 Å². The smallest absolute Gasteiger partial charge is 0.315 e. The van der Waals surface area contributed by atoms with Crippen LogP contribution in [0.2, 0.25) is 0 Å². The molecule has 0 heterocycles. The third-order valence-electron chi connectivity index (χ3n) is 2.90. The van der Waals surface area contributed by atoms with E-state index < -0.39 is 5.97 Å². The predicted molar refractivity (Wildman–Crippen MR) is 77.4 cm³/mol. The molecule has 2 amide bonds. The van der Waals surface area contributed by atoms with E-state index in [-0.39, 0.29) is 12.5 Å². The first-order chi connectivity index (χ1) is 9.68. The first-order valence-corrected chi connectivity index (χ1v) is 6.96. The topological polar surface area (TPSA) is 78.4 Å². The van der Waals surface area contributed by atoms with Crippen LogP contribution in [0.1, 0.15) is 37.7 Å². The summed E-state index contributed by atoms with van der Waals surface area (Å²) in [6.07, 6.45) is 3.63. The molecule has 5 nitrogen and oxygen atoms in total. The van der Waals surface area contributed by atoms with Gasteiger partial charge >= 0.3 is 12.0 Å². The number of rotatable bonds is 9. The van der Waals surface area contributed by atoms with Crippen molar-refractivity contribution in [3.8, 4) is 0 Å². The number of aliphatic carboxylic acids is 1. The summed E-state index contributed by atoms with van der Waals surface area (Å²) in [5, 5.41) is 14.1. The van der Waals surface area contributed by atoms with Crippen LogP contribution in [0.4, 0.5) is 4.79 Å². The minimum absolute atomic E-state index is 0.167. The lowest BCUT2D eigenvalue weighted by molar-refractivity contribution is -0.137. The first kappa shape index (κ1) is 16.0. The van der Waals surface area contributed by atoms with Crippen molar-refractivity contribution >= 4 is 12.0 Å². The maximum absolute atomic E-state index is 11.5. The molecule has 0 aliphatic carbocycles. The van der Waals surface area contributed by atoms with Crippen LogP contribution in [-0.4, -0.2) is 23.7 Å². The molecule has 0 saturated heterocycles. The number of carbonyl (C=O) groups excluding carboxylic acids is 1. The van der Waals surface area contributed by atoms with Gasteiger partial charge in [0.1, 0.15) is 0 Å². The van der Waals surface area contributed by atoms with Gasteiger partial charge < -0.3 is 15.7 Å². The Morgan fingerprint density at radius 2 is 1.65 bits per heavy atom. The number of nitrogens with one attached hydrogen (secondary N) is 2. The van der Waals surface area contributed by atoms with Crippen LogP contribution in [0.15, 0.2) is 30.3 Å². The average molecular weight is 278 g/mol. The van der Waals surface area contributed by atoms with Crippen molar-refractivity contribution in [3.63, 3.8) is 0 Å². The van der Waals surface area contributed by atoms with E-state index in [1.807, 2.05) is 30.3 Å². The molecule has 0 atom stereocenters. The summed E-state index contributed by atoms with van der Waals surface area (Å²) in [5.41, 5.74) is 1.07. The number of unbranched alkanes of at least 4 members (excludes halogenated alkanes) is 3. The van der Waals surface area contributed by atoms with E-state index in [0.29, 0.717) is 19.5 Å². The van der Waals surface area contributed by atoms with E-state index in [2.05, 4.69) is 10.6 Å². The van der Waals surface area contributed by atoms with Crippen LogP contribution in [0.3, 0.4) is 0 Å². The SMILES string of the molecule is O=C(O)CCCCCCNC(=O)NCc1ccccc1. The highest BCUT2D eigenvalue weighted by Gasteiger charge is 2.00. The molecule has 1 rings (SSSR count). The average Bonchev–Trinajstić information content (AvgIpc) is 2.45. The van der Waals surface area contributed by atoms with Gasteiger partial charge in [0.15, 0.2) is 0 Å². The van der Waals surface area contributed by atoms with Crippen molar-refractivity contribution in [2.75, 3.05) is 6.54 Å². The third kappa shape index (κ3) is 8.13. The van der Waals surface area contributed by atoms with Crippen LogP contribution in [0.25, 0.3) is 0 Å². The Kier molecular flexibility index (Phi) is 7.87. The second kappa shape index (κ2) is 9.83. The number of urea groups is 1. The Morgan fingerprint density at radius 3 is 2.35 bits per heavy atom. The molecule has 0 aromatic heterocycles. The molecule has 0 aliphatic rings. The Hall–Kier alpha value is -2.04. The maximum Gasteiger partial charge on any atom is 0.315 e. The number of amides is 2. The number of carbonyl (C=O) groups is 2. The Morgan fingerprint density at radius 1 is 0.950 bits per heavy atom. The van der Waals surface area contributed by atoms with Crippen molar-refractivity contribution in [1.82, 2.24) is 10.6 Å². The molecule has 0 spiro atoms. The number of carboxylic acids is 1. The molecule has 1 aromatic carbocycles. The zero-order chi connectivity index (χ0) is 14.6. The monoisotopic (exact) mass is 278 g/mol. The van der Waals surface area contributed by atoms with Crippen molar-refractivity contribution < 1.29 is 14.7 Å². The summed E-state index contributed by atoms with van der Waals surface area (Å²) in [6, 6.07) is 9.57. The zero-order valence-electron chi connectivity index (χ0n) is 11.6. The molecule has 0 bridgehead atoms. The van der Waals surface area contributed by atoms with E-state index in [4.69, 9.17) is 5.11 Å². The van der Waals surface area contributed by atoms with Gasteiger partial charge in [-0.05, 0) is 18.4 Å². The highest BCUT2D eigenvalue weighted by atomic mass is 16.4. The lowest BCUT2D eigenvalue weighted by atomic mass is 10.1. The van der Waals surface area contributed by atoms with Crippen LogP contribution in [0, 0.1) is 0 Å². The second-order valence-electron chi connectivity index (χ2n) is 4.65. The molecular weight excluding hydrogens is 256 g/mol. The van der Waals surface area contributed by atoms with Gasteiger partial charge in [-0.3, -0.25) is 4.79 Å². The Labute approximate surface area is 119 Å². The second-order valence-corrected chi connectivity index (χ2v) is 4.65. The van der Waals surface area contributed by atoms with Gasteiger partial charge in [-0.15, -0.1) is 0 Å². The minimum Gasteiger partial charge on any atom is -0.481 e. The summed E-state index contributed by atoms with van der Waals surface area (Å²) in [5.74, 6) is -0.747. The summed E-state index contributed by atoms with van der Waals surface area (Å²) in [7, 11) is 0. The van der Waals surface area contributed by atoms with E-state index in [1.54, 1.807) is 0 Å². The maximum atomic E-state index is 11.5.